The van der Waals surface area contributed by atoms with Crippen LogP contribution in [0.5, 0.6) is 0 Å². The quantitative estimate of drug-likeness (QED) is 0.774. The summed E-state index contributed by atoms with van der Waals surface area (Å²) in [5.74, 6) is 0.0505. The van der Waals surface area contributed by atoms with Gasteiger partial charge in [0.25, 0.3) is 5.56 Å². The van der Waals surface area contributed by atoms with Crippen LogP contribution in [0.2, 0.25) is 0 Å². The van der Waals surface area contributed by atoms with Crippen LogP contribution in [0.3, 0.4) is 0 Å². The van der Waals surface area contributed by atoms with Gasteiger partial charge in [-0.05, 0) is 12.0 Å². The molecule has 1 heterocycles. The Morgan fingerprint density at radius 2 is 1.90 bits per heavy atom. The highest BCUT2D eigenvalue weighted by Gasteiger charge is 2.14. The molecule has 0 aliphatic heterocycles. The van der Waals surface area contributed by atoms with Crippen LogP contribution in [-0.4, -0.2) is 32.1 Å². The molecule has 2 N–H and O–H groups in total. The van der Waals surface area contributed by atoms with E-state index < -0.39 is 11.2 Å². The number of aromatic nitrogens is 3. The lowest BCUT2D eigenvalue weighted by molar-refractivity contribution is 0.273. The monoisotopic (exact) mass is 290 g/mol. The number of aryl methyl sites for hydroxylation is 1. The summed E-state index contributed by atoms with van der Waals surface area (Å²) in [7, 11) is 2.86. The molecule has 1 unspecified atom stereocenters. The van der Waals surface area contributed by atoms with Gasteiger partial charge in [0.15, 0.2) is 0 Å². The highest BCUT2D eigenvalue weighted by molar-refractivity contribution is 5.32. The van der Waals surface area contributed by atoms with Gasteiger partial charge in [0, 0.05) is 14.1 Å². The van der Waals surface area contributed by atoms with Gasteiger partial charge in [0.05, 0.1) is 12.6 Å². The third-order valence-electron chi connectivity index (χ3n) is 3.21. The maximum Gasteiger partial charge on any atom is 0.346 e. The topological polar surface area (TPSA) is 89.2 Å². The molecule has 0 saturated heterocycles. The highest BCUT2D eigenvalue weighted by Crippen LogP contribution is 2.05. The number of hydrogen-bond donors (Lipinski definition) is 2. The minimum absolute atomic E-state index is 0.0505. The summed E-state index contributed by atoms with van der Waals surface area (Å²) >= 11 is 0. The largest absolute Gasteiger partial charge is 0.394 e. The molecule has 0 aliphatic rings. The first-order valence-electron chi connectivity index (χ1n) is 6.58. The van der Waals surface area contributed by atoms with Gasteiger partial charge < -0.3 is 10.4 Å². The molecule has 7 nitrogen and oxygen atoms in total. The molecule has 21 heavy (non-hydrogen) atoms. The molecule has 7 heteroatoms. The lowest BCUT2D eigenvalue weighted by Crippen LogP contribution is -2.42. The fourth-order valence-corrected chi connectivity index (χ4v) is 2.04. The first-order chi connectivity index (χ1) is 10.0. The molecule has 0 spiro atoms. The van der Waals surface area contributed by atoms with Crippen LogP contribution in [0.15, 0.2) is 39.9 Å². The van der Waals surface area contributed by atoms with Crippen LogP contribution in [0.4, 0.5) is 5.82 Å². The average Bonchev–Trinajstić information content (AvgIpc) is 2.50. The van der Waals surface area contributed by atoms with Crippen LogP contribution in [0, 0.1) is 0 Å². The maximum absolute atomic E-state index is 12.0. The van der Waals surface area contributed by atoms with E-state index in [2.05, 4.69) is 10.4 Å². The molecule has 2 aromatic rings. The molecular weight excluding hydrogens is 272 g/mol. The Morgan fingerprint density at radius 3 is 2.52 bits per heavy atom. The van der Waals surface area contributed by atoms with Crippen LogP contribution < -0.4 is 16.6 Å². The lowest BCUT2D eigenvalue weighted by atomic mass is 10.1. The van der Waals surface area contributed by atoms with Crippen LogP contribution >= 0.6 is 0 Å². The number of nitrogens with one attached hydrogen (secondary N) is 1. The van der Waals surface area contributed by atoms with Crippen molar-refractivity contribution in [2.24, 2.45) is 14.1 Å². The van der Waals surface area contributed by atoms with Gasteiger partial charge in [-0.1, -0.05) is 30.3 Å². The third kappa shape index (κ3) is 3.38. The zero-order chi connectivity index (χ0) is 15.4. The second-order valence-electron chi connectivity index (χ2n) is 4.83. The molecule has 0 bridgehead atoms. The number of benzene rings is 1. The smallest absolute Gasteiger partial charge is 0.346 e. The van der Waals surface area contributed by atoms with Gasteiger partial charge in [-0.25, -0.2) is 9.48 Å². The molecule has 0 saturated carbocycles. The van der Waals surface area contributed by atoms with Crippen LogP contribution in [-0.2, 0) is 20.5 Å². The van der Waals surface area contributed by atoms with Gasteiger partial charge >= 0.3 is 5.69 Å². The molecule has 1 aromatic carbocycles. The van der Waals surface area contributed by atoms with Crippen molar-refractivity contribution in [2.75, 3.05) is 11.9 Å². The summed E-state index contributed by atoms with van der Waals surface area (Å²) in [5, 5.41) is 16.3. The normalized spacial score (nSPS) is 12.1. The van der Waals surface area contributed by atoms with Crippen molar-refractivity contribution in [2.45, 2.75) is 12.5 Å². The summed E-state index contributed by atoms with van der Waals surface area (Å²) in [4.78, 5) is 23.6. The second-order valence-corrected chi connectivity index (χ2v) is 4.83. The van der Waals surface area contributed by atoms with E-state index in [1.165, 1.54) is 14.1 Å². The summed E-state index contributed by atoms with van der Waals surface area (Å²) in [6.45, 7) is -0.150. The minimum atomic E-state index is -0.510. The van der Waals surface area contributed by atoms with Gasteiger partial charge in [0.1, 0.15) is 0 Å². The SMILES string of the molecule is Cn1nc(NC(CO)Cc2ccccc2)c(=O)n(C)c1=O. The Kier molecular flexibility index (Phi) is 4.54. The minimum Gasteiger partial charge on any atom is -0.394 e. The molecule has 112 valence electrons. The second kappa shape index (κ2) is 6.36. The number of anilines is 1. The lowest BCUT2D eigenvalue weighted by Gasteiger charge is -2.17. The predicted octanol–water partition coefficient (Wildman–Crippen LogP) is -0.506. The fraction of sp³-hybridized carbons (Fsp3) is 0.357. The van der Waals surface area contributed by atoms with Crippen molar-refractivity contribution in [1.82, 2.24) is 14.3 Å². The zero-order valence-corrected chi connectivity index (χ0v) is 12.0. The Bertz CT molecular complexity index is 721. The molecule has 0 aliphatic carbocycles. The molecule has 0 amide bonds. The van der Waals surface area contributed by atoms with Crippen molar-refractivity contribution in [3.05, 3.63) is 56.7 Å². The van der Waals surface area contributed by atoms with Crippen molar-refractivity contribution in [3.8, 4) is 0 Å². The van der Waals surface area contributed by atoms with E-state index in [0.717, 1.165) is 14.8 Å². The first kappa shape index (κ1) is 15.0. The number of aliphatic hydroxyl groups is 1. The first-order valence-corrected chi connectivity index (χ1v) is 6.58. The Hall–Kier alpha value is -2.41. The Labute approximate surface area is 121 Å². The summed E-state index contributed by atoms with van der Waals surface area (Å²) in [6, 6.07) is 9.26. The molecule has 2 rings (SSSR count). The third-order valence-corrected chi connectivity index (χ3v) is 3.21. The summed E-state index contributed by atoms with van der Waals surface area (Å²) in [6.07, 6.45) is 0.547. The number of nitrogens with zero attached hydrogens (tertiary/aromatic N) is 3. The van der Waals surface area contributed by atoms with E-state index in [1.54, 1.807) is 0 Å². The predicted molar refractivity (Wildman–Crippen MR) is 79.4 cm³/mol. The van der Waals surface area contributed by atoms with Gasteiger partial charge in [-0.3, -0.25) is 9.36 Å². The van der Waals surface area contributed by atoms with Crippen molar-refractivity contribution in [3.63, 3.8) is 0 Å². The van der Waals surface area contributed by atoms with E-state index in [-0.39, 0.29) is 18.5 Å². The van der Waals surface area contributed by atoms with Crippen LogP contribution in [0.25, 0.3) is 0 Å². The van der Waals surface area contributed by atoms with Gasteiger partial charge in [0.2, 0.25) is 5.82 Å². The Balaban J connectivity index is 2.23. The molecule has 1 aromatic heterocycles. The number of aliphatic hydroxyl groups excluding tert-OH is 1. The van der Waals surface area contributed by atoms with E-state index in [4.69, 9.17) is 0 Å². The number of hydrogen-bond acceptors (Lipinski definition) is 5. The number of rotatable bonds is 5. The Morgan fingerprint density at radius 1 is 1.24 bits per heavy atom. The van der Waals surface area contributed by atoms with Crippen LogP contribution in [0.1, 0.15) is 5.56 Å². The van der Waals surface area contributed by atoms with Crippen molar-refractivity contribution >= 4 is 5.82 Å². The van der Waals surface area contributed by atoms with Crippen molar-refractivity contribution in [1.29, 1.82) is 0 Å². The molecular formula is C14H18N4O3. The van der Waals surface area contributed by atoms with Crippen molar-refractivity contribution < 1.29 is 5.11 Å². The van der Waals surface area contributed by atoms with E-state index in [0.29, 0.717) is 6.42 Å². The van der Waals surface area contributed by atoms with E-state index >= 15 is 0 Å². The maximum atomic E-state index is 12.0. The molecule has 0 fully saturated rings. The highest BCUT2D eigenvalue weighted by atomic mass is 16.3. The van der Waals surface area contributed by atoms with E-state index in [9.17, 15) is 14.7 Å². The fourth-order valence-electron chi connectivity index (χ4n) is 2.04. The molecule has 0 radical (unpaired) electrons. The zero-order valence-electron chi connectivity index (χ0n) is 12.0. The molecule has 1 atom stereocenters. The van der Waals surface area contributed by atoms with Gasteiger partial charge in [-0.15, -0.1) is 5.10 Å². The van der Waals surface area contributed by atoms with E-state index in [1.807, 2.05) is 30.3 Å². The summed E-state index contributed by atoms with van der Waals surface area (Å²) in [5.41, 5.74) is 0.0319. The summed E-state index contributed by atoms with van der Waals surface area (Å²) < 4.78 is 2.06. The standard InChI is InChI=1S/C14H18N4O3/c1-17-13(20)12(16-18(2)14(17)21)15-11(9-19)8-10-6-4-3-5-7-10/h3-7,11,19H,8-9H2,1-2H3,(H,15,16). The average molecular weight is 290 g/mol. The van der Waals surface area contributed by atoms with Gasteiger partial charge in [-0.2, -0.15) is 0 Å².